The number of furan rings is 1. The lowest BCUT2D eigenvalue weighted by Crippen LogP contribution is -2.33. The number of hydrogen-bond donors (Lipinski definition) is 1. The lowest BCUT2D eigenvalue weighted by molar-refractivity contribution is 0.0536. The third-order valence-corrected chi connectivity index (χ3v) is 4.92. The maximum Gasteiger partial charge on any atom is 0.252 e. The Morgan fingerprint density at radius 2 is 2.23 bits per heavy atom. The highest BCUT2D eigenvalue weighted by atomic mass is 35.5. The van der Waals surface area contributed by atoms with Gasteiger partial charge in [0.25, 0.3) is 5.91 Å². The van der Waals surface area contributed by atoms with Gasteiger partial charge in [-0.1, -0.05) is 23.7 Å². The van der Waals surface area contributed by atoms with Crippen LogP contribution in [0.25, 0.3) is 22.4 Å². The van der Waals surface area contributed by atoms with E-state index in [-0.39, 0.29) is 5.91 Å². The van der Waals surface area contributed by atoms with Gasteiger partial charge in [-0.25, -0.2) is 4.98 Å². The molecule has 1 amide bonds. The number of rotatable bonds is 4. The molecule has 1 fully saturated rings. The summed E-state index contributed by atoms with van der Waals surface area (Å²) < 4.78 is 10.9. The Kier molecular flexibility index (Phi) is 4.91. The molecule has 1 aliphatic heterocycles. The van der Waals surface area contributed by atoms with E-state index in [1.54, 1.807) is 24.5 Å². The van der Waals surface area contributed by atoms with Crippen LogP contribution in [0, 0.1) is 5.92 Å². The second-order valence-electron chi connectivity index (χ2n) is 6.46. The highest BCUT2D eigenvalue weighted by molar-refractivity contribution is 6.35. The molecule has 0 radical (unpaired) electrons. The zero-order chi connectivity index (χ0) is 17.9. The Labute approximate surface area is 156 Å². The molecule has 0 bridgehead atoms. The average Bonchev–Trinajstić information content (AvgIpc) is 3.21. The van der Waals surface area contributed by atoms with E-state index in [0.29, 0.717) is 46.6 Å². The molecule has 0 aliphatic carbocycles. The minimum Gasteiger partial charge on any atom is -0.463 e. The second kappa shape index (κ2) is 7.48. The fraction of sp³-hybridized carbons (Fsp3) is 0.300. The zero-order valence-electron chi connectivity index (χ0n) is 14.2. The summed E-state index contributed by atoms with van der Waals surface area (Å²) in [5.41, 5.74) is 1.72. The number of nitrogens with one attached hydrogen (secondary N) is 1. The van der Waals surface area contributed by atoms with Gasteiger partial charge in [0.05, 0.1) is 29.0 Å². The molecule has 3 heterocycles. The van der Waals surface area contributed by atoms with Crippen LogP contribution in [-0.2, 0) is 4.74 Å². The van der Waals surface area contributed by atoms with E-state index >= 15 is 0 Å². The van der Waals surface area contributed by atoms with E-state index in [1.165, 1.54) is 0 Å². The summed E-state index contributed by atoms with van der Waals surface area (Å²) >= 11 is 6.32. The van der Waals surface area contributed by atoms with Gasteiger partial charge >= 0.3 is 0 Å². The van der Waals surface area contributed by atoms with Crippen LogP contribution in [0.4, 0.5) is 0 Å². The maximum absolute atomic E-state index is 12.9. The summed E-state index contributed by atoms with van der Waals surface area (Å²) in [4.78, 5) is 17.5. The van der Waals surface area contributed by atoms with Crippen molar-refractivity contribution in [3.05, 3.63) is 53.2 Å². The van der Waals surface area contributed by atoms with E-state index in [2.05, 4.69) is 10.3 Å². The number of fused-ring (bicyclic) bond motifs is 1. The molecule has 0 spiro atoms. The first-order valence-corrected chi connectivity index (χ1v) is 9.09. The SMILES string of the molecule is O=C(NC[C@H]1CCCOC1)c1cc(-c2ccco2)nc2c(Cl)cccc12. The molecule has 1 saturated heterocycles. The highest BCUT2D eigenvalue weighted by Crippen LogP contribution is 2.29. The molecule has 0 saturated carbocycles. The third-order valence-electron chi connectivity index (χ3n) is 4.61. The lowest BCUT2D eigenvalue weighted by atomic mass is 10.0. The van der Waals surface area contributed by atoms with Crippen molar-refractivity contribution < 1.29 is 13.9 Å². The molecular weight excluding hydrogens is 352 g/mol. The minimum absolute atomic E-state index is 0.141. The zero-order valence-corrected chi connectivity index (χ0v) is 15.0. The third kappa shape index (κ3) is 3.45. The van der Waals surface area contributed by atoms with Gasteiger partial charge in [0.2, 0.25) is 0 Å². The number of ether oxygens (including phenoxy) is 1. The molecule has 1 atom stereocenters. The first-order chi connectivity index (χ1) is 12.7. The molecule has 5 nitrogen and oxygen atoms in total. The summed E-state index contributed by atoms with van der Waals surface area (Å²) in [6, 6.07) is 10.8. The minimum atomic E-state index is -0.141. The summed E-state index contributed by atoms with van der Waals surface area (Å²) in [6.45, 7) is 2.10. The van der Waals surface area contributed by atoms with Crippen LogP contribution in [0.2, 0.25) is 5.02 Å². The van der Waals surface area contributed by atoms with Crippen LogP contribution in [-0.4, -0.2) is 30.6 Å². The van der Waals surface area contributed by atoms with Gasteiger partial charge in [-0.2, -0.15) is 0 Å². The quantitative estimate of drug-likeness (QED) is 0.743. The van der Waals surface area contributed by atoms with Crippen molar-refractivity contribution in [1.29, 1.82) is 0 Å². The van der Waals surface area contributed by atoms with Crippen molar-refractivity contribution in [2.24, 2.45) is 5.92 Å². The summed E-state index contributed by atoms with van der Waals surface area (Å²) in [6.07, 6.45) is 3.69. The smallest absolute Gasteiger partial charge is 0.252 e. The molecule has 4 rings (SSSR count). The predicted octanol–water partition coefficient (Wildman–Crippen LogP) is 4.30. The Balaban J connectivity index is 1.68. The summed E-state index contributed by atoms with van der Waals surface area (Å²) in [5.74, 6) is 0.813. The van der Waals surface area contributed by atoms with Crippen molar-refractivity contribution >= 4 is 28.4 Å². The van der Waals surface area contributed by atoms with Crippen LogP contribution in [0.3, 0.4) is 0 Å². The summed E-state index contributed by atoms with van der Waals surface area (Å²) in [5, 5.41) is 4.26. The van der Waals surface area contributed by atoms with Crippen LogP contribution in [0.15, 0.2) is 47.1 Å². The van der Waals surface area contributed by atoms with E-state index in [4.69, 9.17) is 20.8 Å². The van der Waals surface area contributed by atoms with Crippen LogP contribution in [0.1, 0.15) is 23.2 Å². The fourth-order valence-electron chi connectivity index (χ4n) is 3.25. The van der Waals surface area contributed by atoms with Gasteiger partial charge in [-0.05, 0) is 43.0 Å². The van der Waals surface area contributed by atoms with Gasteiger partial charge in [0.1, 0.15) is 5.69 Å². The van der Waals surface area contributed by atoms with Gasteiger partial charge < -0.3 is 14.5 Å². The number of para-hydroxylation sites is 1. The number of benzene rings is 1. The molecule has 6 heteroatoms. The van der Waals surface area contributed by atoms with Gasteiger partial charge in [-0.15, -0.1) is 0 Å². The molecule has 2 aromatic heterocycles. The van der Waals surface area contributed by atoms with Crippen molar-refractivity contribution in [3.8, 4) is 11.5 Å². The van der Waals surface area contributed by atoms with Crippen molar-refractivity contribution in [3.63, 3.8) is 0 Å². The fourth-order valence-corrected chi connectivity index (χ4v) is 3.47. The topological polar surface area (TPSA) is 64.4 Å². The number of hydrogen-bond acceptors (Lipinski definition) is 4. The van der Waals surface area contributed by atoms with Crippen LogP contribution >= 0.6 is 11.6 Å². The van der Waals surface area contributed by atoms with Gasteiger partial charge in [-0.3, -0.25) is 4.79 Å². The van der Waals surface area contributed by atoms with Gasteiger partial charge in [0.15, 0.2) is 5.76 Å². The molecule has 1 aliphatic rings. The number of nitrogens with zero attached hydrogens (tertiary/aromatic N) is 1. The lowest BCUT2D eigenvalue weighted by Gasteiger charge is -2.22. The number of pyridine rings is 1. The molecule has 3 aromatic rings. The average molecular weight is 371 g/mol. The monoisotopic (exact) mass is 370 g/mol. The van der Waals surface area contributed by atoms with Gasteiger partial charge in [0, 0.05) is 18.5 Å². The normalized spacial score (nSPS) is 17.3. The first-order valence-electron chi connectivity index (χ1n) is 8.71. The number of halogens is 1. The molecule has 0 unspecified atom stereocenters. The number of amides is 1. The van der Waals surface area contributed by atoms with E-state index in [1.807, 2.05) is 18.2 Å². The van der Waals surface area contributed by atoms with E-state index < -0.39 is 0 Å². The first kappa shape index (κ1) is 17.1. The Hall–Kier alpha value is -2.37. The maximum atomic E-state index is 12.9. The highest BCUT2D eigenvalue weighted by Gasteiger charge is 2.19. The molecule has 134 valence electrons. The number of carbonyl (C=O) groups is 1. The molecule has 1 aromatic carbocycles. The van der Waals surface area contributed by atoms with Crippen LogP contribution < -0.4 is 5.32 Å². The molecular formula is C20H19ClN2O3. The van der Waals surface area contributed by atoms with Crippen molar-refractivity contribution in [2.75, 3.05) is 19.8 Å². The summed E-state index contributed by atoms with van der Waals surface area (Å²) in [7, 11) is 0. The van der Waals surface area contributed by atoms with Crippen molar-refractivity contribution in [2.45, 2.75) is 12.8 Å². The Morgan fingerprint density at radius 3 is 3.00 bits per heavy atom. The standard InChI is InChI=1S/C20H19ClN2O3/c21-16-6-1-5-14-15(20(24)22-11-13-4-2-8-25-12-13)10-17(23-19(14)16)18-7-3-9-26-18/h1,3,5-7,9-10,13H,2,4,8,11-12H2,(H,22,24)/t13-/m1/s1. The Morgan fingerprint density at radius 1 is 1.31 bits per heavy atom. The number of carbonyl (C=O) groups excluding carboxylic acids is 1. The molecule has 1 N–H and O–H groups in total. The predicted molar refractivity (Wildman–Crippen MR) is 100 cm³/mol. The largest absolute Gasteiger partial charge is 0.463 e. The second-order valence-corrected chi connectivity index (χ2v) is 6.87. The molecule has 26 heavy (non-hydrogen) atoms. The van der Waals surface area contributed by atoms with E-state index in [0.717, 1.165) is 24.8 Å². The number of aromatic nitrogens is 1. The van der Waals surface area contributed by atoms with Crippen molar-refractivity contribution in [1.82, 2.24) is 10.3 Å². The van der Waals surface area contributed by atoms with E-state index in [9.17, 15) is 4.79 Å². The van der Waals surface area contributed by atoms with Crippen LogP contribution in [0.5, 0.6) is 0 Å². The Bertz CT molecular complexity index is 918.